The second-order valence-corrected chi connectivity index (χ2v) is 2.78. The van der Waals surface area contributed by atoms with Gasteiger partial charge < -0.3 is 4.74 Å². The molecule has 0 aromatic heterocycles. The molecule has 2 unspecified atom stereocenters. The summed E-state index contributed by atoms with van der Waals surface area (Å²) >= 11 is 0. The van der Waals surface area contributed by atoms with Gasteiger partial charge >= 0.3 is 0 Å². The molecule has 0 bridgehead atoms. The van der Waals surface area contributed by atoms with Gasteiger partial charge in [-0.25, -0.2) is 4.39 Å². The molecular weight excluding hydrogens is 131 g/mol. The molecule has 0 heterocycles. The molecule has 1 aliphatic carbocycles. The normalized spacial score (nSPS) is 34.4. The topological polar surface area (TPSA) is 9.23 Å². The average molecular weight is 144 g/mol. The van der Waals surface area contributed by atoms with E-state index in [9.17, 15) is 4.39 Å². The van der Waals surface area contributed by atoms with Crippen LogP contribution in [0.2, 0.25) is 0 Å². The third-order valence-electron chi connectivity index (χ3n) is 1.97. The maximum Gasteiger partial charge on any atom is 0.127 e. The largest absolute Gasteiger partial charge is 0.378 e. The molecule has 0 saturated heterocycles. The molecule has 0 radical (unpaired) electrons. The van der Waals surface area contributed by atoms with Crippen LogP contribution in [0.5, 0.6) is 0 Å². The molecule has 10 heavy (non-hydrogen) atoms. The van der Waals surface area contributed by atoms with Crippen molar-refractivity contribution < 1.29 is 9.13 Å². The van der Waals surface area contributed by atoms with Gasteiger partial charge in [0.2, 0.25) is 0 Å². The second kappa shape index (κ2) is 3.15. The Labute approximate surface area is 60.9 Å². The zero-order valence-electron chi connectivity index (χ0n) is 6.27. The van der Waals surface area contributed by atoms with Crippen molar-refractivity contribution in [3.63, 3.8) is 0 Å². The van der Waals surface area contributed by atoms with Gasteiger partial charge in [-0.15, -0.1) is 0 Å². The highest BCUT2D eigenvalue weighted by molar-refractivity contribution is 5.02. The van der Waals surface area contributed by atoms with Crippen molar-refractivity contribution in [1.82, 2.24) is 0 Å². The molecule has 1 fully saturated rings. The van der Waals surface area contributed by atoms with Crippen molar-refractivity contribution >= 4 is 0 Å². The summed E-state index contributed by atoms with van der Waals surface area (Å²) in [5.74, 6) is 0. The highest BCUT2D eigenvalue weighted by atomic mass is 19.1. The SMILES string of the molecule is C=C1CCC(F)C(OC)C1. The van der Waals surface area contributed by atoms with Gasteiger partial charge in [0, 0.05) is 7.11 Å². The van der Waals surface area contributed by atoms with Gasteiger partial charge in [0.1, 0.15) is 6.17 Å². The number of hydrogen-bond donors (Lipinski definition) is 0. The number of methoxy groups -OCH3 is 1. The molecule has 0 aliphatic heterocycles. The Balaban J connectivity index is 2.45. The number of halogens is 1. The Kier molecular flexibility index (Phi) is 2.44. The fourth-order valence-electron chi connectivity index (χ4n) is 1.27. The van der Waals surface area contributed by atoms with Crippen LogP contribution < -0.4 is 0 Å². The average Bonchev–Trinajstić information content (AvgIpc) is 1.94. The molecule has 2 heteroatoms. The van der Waals surface area contributed by atoms with Gasteiger partial charge in [0.15, 0.2) is 0 Å². The summed E-state index contributed by atoms with van der Waals surface area (Å²) in [6.45, 7) is 3.80. The minimum atomic E-state index is -0.782. The molecule has 1 saturated carbocycles. The summed E-state index contributed by atoms with van der Waals surface area (Å²) in [5.41, 5.74) is 1.11. The van der Waals surface area contributed by atoms with Gasteiger partial charge in [0.05, 0.1) is 6.10 Å². The fraction of sp³-hybridized carbons (Fsp3) is 0.750. The van der Waals surface area contributed by atoms with E-state index in [1.165, 1.54) is 0 Å². The van der Waals surface area contributed by atoms with E-state index in [0.29, 0.717) is 12.8 Å². The first kappa shape index (κ1) is 7.73. The number of ether oxygens (including phenoxy) is 1. The third-order valence-corrected chi connectivity index (χ3v) is 1.97. The van der Waals surface area contributed by atoms with E-state index in [-0.39, 0.29) is 6.10 Å². The van der Waals surface area contributed by atoms with E-state index < -0.39 is 6.17 Å². The smallest absolute Gasteiger partial charge is 0.127 e. The summed E-state index contributed by atoms with van der Waals surface area (Å²) in [6, 6.07) is 0. The Morgan fingerprint density at radius 2 is 2.40 bits per heavy atom. The first-order valence-electron chi connectivity index (χ1n) is 3.57. The molecule has 0 N–H and O–H groups in total. The van der Waals surface area contributed by atoms with Crippen LogP contribution in [0.15, 0.2) is 12.2 Å². The zero-order chi connectivity index (χ0) is 7.56. The van der Waals surface area contributed by atoms with Gasteiger partial charge in [-0.3, -0.25) is 0 Å². The quantitative estimate of drug-likeness (QED) is 0.512. The summed E-state index contributed by atoms with van der Waals surface area (Å²) in [4.78, 5) is 0. The molecule has 2 atom stereocenters. The van der Waals surface area contributed by atoms with Crippen molar-refractivity contribution in [2.75, 3.05) is 7.11 Å². The van der Waals surface area contributed by atoms with Crippen LogP contribution in [-0.4, -0.2) is 19.4 Å². The van der Waals surface area contributed by atoms with E-state index in [4.69, 9.17) is 4.74 Å². The molecule has 0 aromatic carbocycles. The van der Waals surface area contributed by atoms with E-state index in [0.717, 1.165) is 12.0 Å². The first-order chi connectivity index (χ1) is 4.74. The lowest BCUT2D eigenvalue weighted by molar-refractivity contribution is 0.0191. The highest BCUT2D eigenvalue weighted by Crippen LogP contribution is 2.26. The summed E-state index contributed by atoms with van der Waals surface area (Å²) < 4.78 is 17.8. The lowest BCUT2D eigenvalue weighted by Gasteiger charge is -2.25. The Morgan fingerprint density at radius 1 is 1.70 bits per heavy atom. The number of rotatable bonds is 1. The summed E-state index contributed by atoms with van der Waals surface area (Å²) in [7, 11) is 1.55. The lowest BCUT2D eigenvalue weighted by atomic mass is 9.92. The van der Waals surface area contributed by atoms with Crippen LogP contribution in [0.1, 0.15) is 19.3 Å². The summed E-state index contributed by atoms with van der Waals surface area (Å²) in [5, 5.41) is 0. The Bertz CT molecular complexity index is 133. The lowest BCUT2D eigenvalue weighted by Crippen LogP contribution is -2.28. The van der Waals surface area contributed by atoms with Gasteiger partial charge in [0.25, 0.3) is 0 Å². The van der Waals surface area contributed by atoms with Crippen LogP contribution in [0.25, 0.3) is 0 Å². The predicted octanol–water partition coefficient (Wildman–Crippen LogP) is 2.08. The predicted molar refractivity (Wildman–Crippen MR) is 38.7 cm³/mol. The Hall–Kier alpha value is -0.370. The van der Waals surface area contributed by atoms with E-state index in [1.54, 1.807) is 7.11 Å². The maximum atomic E-state index is 12.9. The van der Waals surface area contributed by atoms with Crippen LogP contribution in [-0.2, 0) is 4.74 Å². The molecule has 58 valence electrons. The van der Waals surface area contributed by atoms with Crippen LogP contribution in [0, 0.1) is 0 Å². The van der Waals surface area contributed by atoms with Gasteiger partial charge in [-0.2, -0.15) is 0 Å². The minimum absolute atomic E-state index is 0.235. The number of hydrogen-bond acceptors (Lipinski definition) is 1. The maximum absolute atomic E-state index is 12.9. The van der Waals surface area contributed by atoms with Gasteiger partial charge in [-0.05, 0) is 19.3 Å². The first-order valence-corrected chi connectivity index (χ1v) is 3.57. The monoisotopic (exact) mass is 144 g/mol. The Morgan fingerprint density at radius 3 is 2.90 bits per heavy atom. The van der Waals surface area contributed by atoms with E-state index >= 15 is 0 Å². The van der Waals surface area contributed by atoms with Crippen LogP contribution in [0.3, 0.4) is 0 Å². The van der Waals surface area contributed by atoms with Crippen molar-refractivity contribution in [2.45, 2.75) is 31.5 Å². The van der Waals surface area contributed by atoms with Crippen molar-refractivity contribution in [2.24, 2.45) is 0 Å². The fourth-order valence-corrected chi connectivity index (χ4v) is 1.27. The molecular formula is C8H13FO. The molecule has 0 aromatic rings. The van der Waals surface area contributed by atoms with E-state index in [2.05, 4.69) is 6.58 Å². The van der Waals surface area contributed by atoms with E-state index in [1.807, 2.05) is 0 Å². The van der Waals surface area contributed by atoms with Crippen molar-refractivity contribution in [1.29, 1.82) is 0 Å². The summed E-state index contributed by atoms with van der Waals surface area (Å²) in [6.07, 6.45) is 1.08. The zero-order valence-corrected chi connectivity index (χ0v) is 6.27. The molecule has 1 nitrogen and oxygen atoms in total. The molecule has 1 aliphatic rings. The minimum Gasteiger partial charge on any atom is -0.378 e. The second-order valence-electron chi connectivity index (χ2n) is 2.78. The van der Waals surface area contributed by atoms with Crippen LogP contribution >= 0.6 is 0 Å². The molecule has 0 spiro atoms. The highest BCUT2D eigenvalue weighted by Gasteiger charge is 2.25. The van der Waals surface area contributed by atoms with Crippen LogP contribution in [0.4, 0.5) is 4.39 Å². The van der Waals surface area contributed by atoms with Crippen molar-refractivity contribution in [3.05, 3.63) is 12.2 Å². The van der Waals surface area contributed by atoms with Crippen molar-refractivity contribution in [3.8, 4) is 0 Å². The number of alkyl halides is 1. The molecule has 0 amide bonds. The van der Waals surface area contributed by atoms with Gasteiger partial charge in [-0.1, -0.05) is 12.2 Å². The molecule has 1 rings (SSSR count). The third kappa shape index (κ3) is 1.57. The standard InChI is InChI=1S/C8H13FO/c1-6-3-4-7(9)8(5-6)10-2/h7-8H,1,3-5H2,2H3.